The van der Waals surface area contributed by atoms with Gasteiger partial charge in [-0.05, 0) is 94.9 Å². The zero-order chi connectivity index (χ0) is 28.2. The predicted octanol–water partition coefficient (Wildman–Crippen LogP) is 5.68. The number of carbonyl (C=O) groups is 3. The lowest BCUT2D eigenvalue weighted by Crippen LogP contribution is -2.55. The van der Waals surface area contributed by atoms with Gasteiger partial charge in [0.2, 0.25) is 5.91 Å². The van der Waals surface area contributed by atoms with Crippen molar-refractivity contribution in [3.63, 3.8) is 0 Å². The Bertz CT molecular complexity index is 1300. The molecule has 1 aliphatic rings. The minimum absolute atomic E-state index is 0.178. The lowest BCUT2D eigenvalue weighted by Gasteiger charge is -2.34. The van der Waals surface area contributed by atoms with Crippen LogP contribution in [0.3, 0.4) is 0 Å². The Balaban J connectivity index is 1.59. The highest BCUT2D eigenvalue weighted by atomic mass is 127. The summed E-state index contributed by atoms with van der Waals surface area (Å²) in [7, 11) is 0. The molecular formula is C31H34IN3O4. The Kier molecular flexibility index (Phi) is 9.07. The molecular weight excluding hydrogens is 605 g/mol. The average molecular weight is 640 g/mol. The molecule has 1 aliphatic heterocycles. The number of likely N-dealkylation sites (tertiary alicyclic amines) is 1. The molecule has 0 radical (unpaired) electrons. The van der Waals surface area contributed by atoms with Crippen molar-refractivity contribution in [3.8, 4) is 0 Å². The molecule has 1 saturated heterocycles. The summed E-state index contributed by atoms with van der Waals surface area (Å²) in [5.74, 6) is -0.860. The molecule has 0 spiro atoms. The number of halogens is 1. The highest BCUT2D eigenvalue weighted by molar-refractivity contribution is 14.1. The van der Waals surface area contributed by atoms with Gasteiger partial charge in [-0.3, -0.25) is 14.5 Å². The molecule has 3 aromatic rings. The topological polar surface area (TPSA) is 92.9 Å². The molecule has 0 bridgehead atoms. The van der Waals surface area contributed by atoms with E-state index in [4.69, 9.17) is 10.5 Å². The first-order valence-electron chi connectivity index (χ1n) is 13.0. The summed E-state index contributed by atoms with van der Waals surface area (Å²) in [4.78, 5) is 43.3. The molecule has 3 aromatic carbocycles. The van der Waals surface area contributed by atoms with Crippen LogP contribution in [0.25, 0.3) is 0 Å². The number of nitrogens with zero attached hydrogens (tertiary/aromatic N) is 2. The molecule has 0 aromatic heterocycles. The van der Waals surface area contributed by atoms with E-state index in [1.165, 1.54) is 0 Å². The first kappa shape index (κ1) is 28.8. The van der Waals surface area contributed by atoms with Crippen molar-refractivity contribution in [3.05, 3.63) is 93.6 Å². The van der Waals surface area contributed by atoms with Gasteiger partial charge in [0, 0.05) is 21.5 Å². The number of carbonyl (C=O) groups excluding carboxylic acids is 3. The van der Waals surface area contributed by atoms with Crippen molar-refractivity contribution < 1.29 is 19.1 Å². The monoisotopic (exact) mass is 639 g/mol. The van der Waals surface area contributed by atoms with E-state index in [0.29, 0.717) is 29.9 Å². The van der Waals surface area contributed by atoms with E-state index in [1.54, 1.807) is 34.1 Å². The summed E-state index contributed by atoms with van der Waals surface area (Å²) >= 11 is 2.22. The van der Waals surface area contributed by atoms with Gasteiger partial charge in [-0.1, -0.05) is 51.1 Å². The minimum atomic E-state index is -0.709. The van der Waals surface area contributed by atoms with E-state index < -0.39 is 23.5 Å². The molecule has 7 nitrogen and oxygen atoms in total. The zero-order valence-corrected chi connectivity index (χ0v) is 24.6. The highest BCUT2D eigenvalue weighted by Crippen LogP contribution is 2.32. The molecule has 1 heterocycles. The second-order valence-corrected chi connectivity index (χ2v) is 12.0. The number of ether oxygens (including phenoxy) is 1. The van der Waals surface area contributed by atoms with Crippen LogP contribution in [0.15, 0.2) is 78.9 Å². The number of hydrogen-bond acceptors (Lipinski definition) is 5. The van der Waals surface area contributed by atoms with E-state index in [9.17, 15) is 14.4 Å². The fourth-order valence-electron chi connectivity index (χ4n) is 4.53. The molecule has 1 fully saturated rings. The summed E-state index contributed by atoms with van der Waals surface area (Å²) in [6, 6.07) is 22.5. The van der Waals surface area contributed by atoms with Crippen LogP contribution in [0.1, 0.15) is 49.5 Å². The molecule has 4 rings (SSSR count). The Morgan fingerprint density at radius 2 is 1.56 bits per heavy atom. The van der Waals surface area contributed by atoms with Gasteiger partial charge in [0.25, 0.3) is 5.91 Å². The van der Waals surface area contributed by atoms with Crippen molar-refractivity contribution in [2.75, 3.05) is 11.4 Å². The summed E-state index contributed by atoms with van der Waals surface area (Å²) in [6.07, 6.45) is 1.29. The maximum absolute atomic E-state index is 14.1. The molecule has 0 aliphatic carbocycles. The molecule has 0 saturated carbocycles. The quantitative estimate of drug-likeness (QED) is 0.266. The summed E-state index contributed by atoms with van der Waals surface area (Å²) in [5.41, 5.74) is 8.44. The molecule has 204 valence electrons. The van der Waals surface area contributed by atoms with Crippen molar-refractivity contribution in [1.29, 1.82) is 0 Å². The predicted molar refractivity (Wildman–Crippen MR) is 160 cm³/mol. The Morgan fingerprint density at radius 1 is 0.974 bits per heavy atom. The van der Waals surface area contributed by atoms with Crippen molar-refractivity contribution in [2.45, 2.75) is 52.3 Å². The van der Waals surface area contributed by atoms with Gasteiger partial charge in [-0.15, -0.1) is 0 Å². The normalized spacial score (nSPS) is 16.0. The van der Waals surface area contributed by atoms with Gasteiger partial charge in [0.05, 0.1) is 11.6 Å². The minimum Gasteiger partial charge on any atom is -0.457 e. The van der Waals surface area contributed by atoms with E-state index in [0.717, 1.165) is 15.6 Å². The maximum atomic E-state index is 14.1. The summed E-state index contributed by atoms with van der Waals surface area (Å²) in [5, 5.41) is 0. The van der Waals surface area contributed by atoms with Gasteiger partial charge >= 0.3 is 5.97 Å². The lowest BCUT2D eigenvalue weighted by molar-refractivity contribution is -0.140. The van der Waals surface area contributed by atoms with Crippen molar-refractivity contribution in [2.24, 2.45) is 11.1 Å². The van der Waals surface area contributed by atoms with E-state index in [2.05, 4.69) is 22.6 Å². The van der Waals surface area contributed by atoms with Crippen LogP contribution in [0.4, 0.5) is 11.4 Å². The van der Waals surface area contributed by atoms with Crippen LogP contribution in [-0.2, 0) is 20.9 Å². The second kappa shape index (κ2) is 12.3. The van der Waals surface area contributed by atoms with E-state index >= 15 is 0 Å². The smallest absolute Gasteiger partial charge is 0.338 e. The molecule has 2 atom stereocenters. The third-order valence-corrected chi connectivity index (χ3v) is 7.62. The largest absolute Gasteiger partial charge is 0.457 e. The van der Waals surface area contributed by atoms with Gasteiger partial charge in [0.15, 0.2) is 0 Å². The summed E-state index contributed by atoms with van der Waals surface area (Å²) in [6.45, 7) is 6.44. The van der Waals surface area contributed by atoms with Gasteiger partial charge in [0.1, 0.15) is 12.6 Å². The molecule has 2 N–H and O–H groups in total. The standard InChI is InChI=1S/C31H34IN3O4/c1-31(2,3)27(33)29(37)34-19-7-10-26(34)28(36)35(25-17-13-23(32)14-18-25)24-15-11-22(12-16-24)30(38)39-20-21-8-5-4-6-9-21/h4-6,8-9,11-18,26-27H,7,10,19-20,33H2,1-3H3/t26-,27+/m0/s1. The molecule has 8 heteroatoms. The third-order valence-electron chi connectivity index (χ3n) is 6.90. The number of hydrogen-bond donors (Lipinski definition) is 1. The number of amides is 2. The average Bonchev–Trinajstić information content (AvgIpc) is 3.42. The third kappa shape index (κ3) is 6.86. The van der Waals surface area contributed by atoms with Crippen LogP contribution in [0.5, 0.6) is 0 Å². The Labute approximate surface area is 243 Å². The highest BCUT2D eigenvalue weighted by Gasteiger charge is 2.41. The number of anilines is 2. The van der Waals surface area contributed by atoms with Crippen LogP contribution in [0.2, 0.25) is 0 Å². The fraction of sp³-hybridized carbons (Fsp3) is 0.323. The number of rotatable bonds is 7. The molecule has 0 unspecified atom stereocenters. The van der Waals surface area contributed by atoms with Crippen LogP contribution in [-0.4, -0.2) is 41.3 Å². The van der Waals surface area contributed by atoms with Crippen molar-refractivity contribution in [1.82, 2.24) is 4.90 Å². The van der Waals surface area contributed by atoms with Gasteiger partial charge < -0.3 is 15.4 Å². The van der Waals surface area contributed by atoms with Gasteiger partial charge in [-0.2, -0.15) is 0 Å². The van der Waals surface area contributed by atoms with Crippen LogP contribution >= 0.6 is 22.6 Å². The first-order chi connectivity index (χ1) is 18.6. The number of esters is 1. The molecule has 2 amide bonds. The second-order valence-electron chi connectivity index (χ2n) is 10.8. The van der Waals surface area contributed by atoms with E-state index in [1.807, 2.05) is 75.4 Å². The Morgan fingerprint density at radius 3 is 2.15 bits per heavy atom. The van der Waals surface area contributed by atoms with Crippen molar-refractivity contribution >= 4 is 51.7 Å². The SMILES string of the molecule is CC(C)(C)[C@H](N)C(=O)N1CCC[C@H]1C(=O)N(c1ccc(I)cc1)c1ccc(C(=O)OCc2ccccc2)cc1. The van der Waals surface area contributed by atoms with Crippen LogP contribution in [0, 0.1) is 8.99 Å². The van der Waals surface area contributed by atoms with Crippen LogP contribution < -0.4 is 10.6 Å². The fourth-order valence-corrected chi connectivity index (χ4v) is 4.89. The Hall–Kier alpha value is -3.24. The first-order valence-corrected chi connectivity index (χ1v) is 14.1. The number of nitrogens with two attached hydrogens (primary N) is 1. The van der Waals surface area contributed by atoms with Gasteiger partial charge in [-0.25, -0.2) is 4.79 Å². The van der Waals surface area contributed by atoms with E-state index in [-0.39, 0.29) is 18.4 Å². The summed E-state index contributed by atoms with van der Waals surface area (Å²) < 4.78 is 6.49. The lowest BCUT2D eigenvalue weighted by atomic mass is 9.86. The number of benzene rings is 3. The zero-order valence-electron chi connectivity index (χ0n) is 22.5. The maximum Gasteiger partial charge on any atom is 0.338 e. The molecule has 39 heavy (non-hydrogen) atoms.